The molecule has 0 aliphatic heterocycles. The first kappa shape index (κ1) is 12.6. The number of hydrogen-bond acceptors (Lipinski definition) is 4. The number of rotatable bonds is 5. The second-order valence-electron chi connectivity index (χ2n) is 4.81. The van der Waals surface area contributed by atoms with Gasteiger partial charge in [0.05, 0.1) is 0 Å². The van der Waals surface area contributed by atoms with Gasteiger partial charge in [-0.15, -0.1) is 0 Å². The van der Waals surface area contributed by atoms with Crippen LogP contribution in [0.4, 0.5) is 5.82 Å². The largest absolute Gasteiger partial charge is 0.480 e. The zero-order chi connectivity index (χ0) is 13.3. The van der Waals surface area contributed by atoms with E-state index < -0.39 is 5.97 Å². The molecule has 2 rings (SSSR count). The van der Waals surface area contributed by atoms with E-state index in [-0.39, 0.29) is 30.0 Å². The number of carboxylic acid groups (broad SMARTS) is 1. The van der Waals surface area contributed by atoms with Crippen LogP contribution in [0.2, 0.25) is 0 Å². The summed E-state index contributed by atoms with van der Waals surface area (Å²) in [5.41, 5.74) is -0.199. The van der Waals surface area contributed by atoms with Crippen molar-refractivity contribution in [1.82, 2.24) is 9.55 Å². The first-order valence-electron chi connectivity index (χ1n) is 6.06. The number of hydrogen-bond donors (Lipinski definition) is 1. The average molecular weight is 251 g/mol. The normalized spacial score (nSPS) is 14.8. The highest BCUT2D eigenvalue weighted by molar-refractivity contribution is 5.73. The van der Waals surface area contributed by atoms with Crippen molar-refractivity contribution in [3.63, 3.8) is 0 Å². The molecule has 98 valence electrons. The first-order valence-corrected chi connectivity index (χ1v) is 6.06. The van der Waals surface area contributed by atoms with Gasteiger partial charge in [0.1, 0.15) is 6.54 Å². The molecular formula is C12H17N3O3. The predicted molar refractivity (Wildman–Crippen MR) is 66.9 cm³/mol. The molecule has 0 saturated heterocycles. The van der Waals surface area contributed by atoms with Gasteiger partial charge in [-0.25, -0.2) is 4.98 Å². The summed E-state index contributed by atoms with van der Waals surface area (Å²) in [6.45, 7) is 3.48. The Bertz CT molecular complexity index is 506. The maximum absolute atomic E-state index is 12.2. The number of aromatic nitrogens is 2. The highest BCUT2D eigenvalue weighted by Gasteiger charge is 2.27. The lowest BCUT2D eigenvalue weighted by Crippen LogP contribution is -2.41. The third-order valence-corrected chi connectivity index (χ3v) is 2.99. The molecule has 0 spiro atoms. The summed E-state index contributed by atoms with van der Waals surface area (Å²) < 4.78 is 1.65. The summed E-state index contributed by atoms with van der Waals surface area (Å²) in [4.78, 5) is 28.7. The lowest BCUT2D eigenvalue weighted by molar-refractivity contribution is -0.135. The van der Waals surface area contributed by atoms with Crippen molar-refractivity contribution < 1.29 is 9.90 Å². The Morgan fingerprint density at radius 3 is 2.78 bits per heavy atom. The summed E-state index contributed by atoms with van der Waals surface area (Å²) >= 11 is 0. The van der Waals surface area contributed by atoms with Crippen LogP contribution in [0.5, 0.6) is 0 Å². The maximum atomic E-state index is 12.2. The molecule has 0 aromatic carbocycles. The molecule has 1 aliphatic rings. The van der Waals surface area contributed by atoms with E-state index in [2.05, 4.69) is 4.98 Å². The van der Waals surface area contributed by atoms with Crippen LogP contribution >= 0.6 is 0 Å². The van der Waals surface area contributed by atoms with Crippen molar-refractivity contribution in [2.75, 3.05) is 11.4 Å². The van der Waals surface area contributed by atoms with Crippen LogP contribution in [0.25, 0.3) is 0 Å². The lowest BCUT2D eigenvalue weighted by Gasteiger charge is -2.25. The van der Waals surface area contributed by atoms with Crippen LogP contribution < -0.4 is 10.5 Å². The highest BCUT2D eigenvalue weighted by Crippen LogP contribution is 2.33. The Hall–Kier alpha value is -1.85. The van der Waals surface area contributed by atoms with Crippen LogP contribution in [0.1, 0.15) is 32.7 Å². The summed E-state index contributed by atoms with van der Waals surface area (Å²) in [7, 11) is 0. The standard InChI is InChI=1S/C12H17N3O3/c1-8(2)15(7-10(16)17)11-12(18)14(6-5-13-11)9-3-4-9/h5-6,8-9H,3-4,7H2,1-2H3,(H,16,17). The zero-order valence-electron chi connectivity index (χ0n) is 10.5. The fourth-order valence-electron chi connectivity index (χ4n) is 1.90. The minimum absolute atomic E-state index is 0.0867. The van der Waals surface area contributed by atoms with Crippen LogP contribution in [0.3, 0.4) is 0 Å². The minimum atomic E-state index is -0.966. The van der Waals surface area contributed by atoms with E-state index in [1.54, 1.807) is 17.0 Å². The van der Waals surface area contributed by atoms with Gasteiger partial charge in [-0.3, -0.25) is 9.59 Å². The van der Waals surface area contributed by atoms with Crippen molar-refractivity contribution in [3.8, 4) is 0 Å². The number of aliphatic carboxylic acids is 1. The van der Waals surface area contributed by atoms with Crippen molar-refractivity contribution in [2.24, 2.45) is 0 Å². The molecule has 0 unspecified atom stereocenters. The van der Waals surface area contributed by atoms with Crippen LogP contribution in [-0.2, 0) is 4.79 Å². The fraction of sp³-hybridized carbons (Fsp3) is 0.583. The van der Waals surface area contributed by atoms with E-state index in [9.17, 15) is 9.59 Å². The zero-order valence-corrected chi connectivity index (χ0v) is 10.5. The van der Waals surface area contributed by atoms with E-state index in [0.29, 0.717) is 0 Å². The fourth-order valence-corrected chi connectivity index (χ4v) is 1.90. The van der Waals surface area contributed by atoms with Crippen LogP contribution in [0.15, 0.2) is 17.2 Å². The van der Waals surface area contributed by atoms with Gasteiger partial charge in [-0.05, 0) is 26.7 Å². The molecular weight excluding hydrogens is 234 g/mol. The Labute approximate surface area is 105 Å². The molecule has 18 heavy (non-hydrogen) atoms. The Morgan fingerprint density at radius 1 is 1.61 bits per heavy atom. The van der Waals surface area contributed by atoms with Crippen molar-refractivity contribution in [3.05, 3.63) is 22.7 Å². The van der Waals surface area contributed by atoms with Gasteiger partial charge >= 0.3 is 5.97 Å². The molecule has 0 amide bonds. The van der Waals surface area contributed by atoms with Crippen LogP contribution in [0, 0.1) is 0 Å². The molecule has 1 heterocycles. The Morgan fingerprint density at radius 2 is 2.28 bits per heavy atom. The van der Waals surface area contributed by atoms with Crippen molar-refractivity contribution in [1.29, 1.82) is 0 Å². The van der Waals surface area contributed by atoms with Crippen molar-refractivity contribution in [2.45, 2.75) is 38.8 Å². The molecule has 1 N–H and O–H groups in total. The molecule has 0 bridgehead atoms. The second kappa shape index (κ2) is 4.80. The summed E-state index contributed by atoms with van der Waals surface area (Å²) in [6, 6.07) is 0.175. The monoisotopic (exact) mass is 251 g/mol. The maximum Gasteiger partial charge on any atom is 0.323 e. The molecule has 0 radical (unpaired) electrons. The average Bonchev–Trinajstić information content (AvgIpc) is 3.10. The Kier molecular flexibility index (Phi) is 3.36. The van der Waals surface area contributed by atoms with E-state index >= 15 is 0 Å². The molecule has 1 fully saturated rings. The third kappa shape index (κ3) is 2.52. The van der Waals surface area contributed by atoms with Gasteiger partial charge in [0.25, 0.3) is 5.56 Å². The molecule has 6 heteroatoms. The molecule has 0 atom stereocenters. The minimum Gasteiger partial charge on any atom is -0.480 e. The quantitative estimate of drug-likeness (QED) is 0.840. The number of nitrogens with zero attached hydrogens (tertiary/aromatic N) is 3. The third-order valence-electron chi connectivity index (χ3n) is 2.99. The van der Waals surface area contributed by atoms with Gasteiger partial charge in [-0.2, -0.15) is 0 Å². The molecule has 1 saturated carbocycles. The second-order valence-corrected chi connectivity index (χ2v) is 4.81. The van der Waals surface area contributed by atoms with E-state index in [0.717, 1.165) is 12.8 Å². The predicted octanol–water partition coefficient (Wildman–Crippen LogP) is 0.878. The van der Waals surface area contributed by atoms with Crippen molar-refractivity contribution >= 4 is 11.8 Å². The molecule has 1 aromatic heterocycles. The number of carbonyl (C=O) groups is 1. The van der Waals surface area contributed by atoms with Gasteiger partial charge in [0.2, 0.25) is 0 Å². The summed E-state index contributed by atoms with van der Waals surface area (Å²) in [5, 5.41) is 8.90. The van der Waals surface area contributed by atoms with Crippen LogP contribution in [-0.4, -0.2) is 33.2 Å². The SMILES string of the molecule is CC(C)N(CC(=O)O)c1nccn(C2CC2)c1=O. The van der Waals surface area contributed by atoms with Gasteiger partial charge < -0.3 is 14.6 Å². The van der Waals surface area contributed by atoms with Gasteiger partial charge in [-0.1, -0.05) is 0 Å². The molecule has 1 aliphatic carbocycles. The van der Waals surface area contributed by atoms with Gasteiger partial charge in [0.15, 0.2) is 5.82 Å². The number of anilines is 1. The Balaban J connectivity index is 2.38. The molecule has 6 nitrogen and oxygen atoms in total. The number of carboxylic acids is 1. The summed E-state index contributed by atoms with van der Waals surface area (Å²) in [6.07, 6.45) is 5.24. The highest BCUT2D eigenvalue weighted by atomic mass is 16.4. The first-order chi connectivity index (χ1) is 8.50. The summed E-state index contributed by atoms with van der Waals surface area (Å²) in [5.74, 6) is -0.742. The lowest BCUT2D eigenvalue weighted by atomic mass is 10.3. The van der Waals surface area contributed by atoms with Gasteiger partial charge in [0, 0.05) is 24.5 Å². The van der Waals surface area contributed by atoms with E-state index in [4.69, 9.17) is 5.11 Å². The van der Waals surface area contributed by atoms with E-state index in [1.807, 2.05) is 13.8 Å². The molecule has 1 aromatic rings. The van der Waals surface area contributed by atoms with E-state index in [1.165, 1.54) is 4.90 Å². The smallest absolute Gasteiger partial charge is 0.323 e. The topological polar surface area (TPSA) is 75.4 Å².